The van der Waals surface area contributed by atoms with E-state index in [0.717, 1.165) is 6.42 Å². The Balaban J connectivity index is 5.71. The quantitative estimate of drug-likeness (QED) is 0.456. The molecule has 1 nitrogen and oxygen atoms in total. The minimum atomic E-state index is -0.0206. The Morgan fingerprint density at radius 2 is 1.78 bits per heavy atom. The van der Waals surface area contributed by atoms with Crippen molar-refractivity contribution in [3.05, 3.63) is 23.8 Å². The third kappa shape index (κ3) is 3.57. The maximum atomic E-state index is 7.64. The summed E-state index contributed by atoms with van der Waals surface area (Å²) in [5.74, 6) is 1.33. The average molecular weight is 249 g/mol. The first kappa shape index (κ1) is 17.2. The van der Waals surface area contributed by atoms with Gasteiger partial charge in [-0.1, -0.05) is 51.8 Å². The van der Waals surface area contributed by atoms with E-state index < -0.39 is 0 Å². The van der Waals surface area contributed by atoms with Gasteiger partial charge in [-0.3, -0.25) is 0 Å². The molecule has 0 aromatic carbocycles. The third-order valence-electron chi connectivity index (χ3n) is 4.12. The molecule has 104 valence electrons. The molecule has 0 aromatic heterocycles. The zero-order valence-electron chi connectivity index (χ0n) is 13.3. The van der Waals surface area contributed by atoms with Crippen molar-refractivity contribution in [3.63, 3.8) is 0 Å². The Hall–Kier alpha value is -0.850. The SMILES string of the molecule is C=CC(C=N)C(C)(C)C(=C(C)C)[C@H](CC)C(C)C. The molecule has 1 heteroatoms. The standard InChI is InChI=1S/C17H31N/c1-9-14(11-18)17(7,8)16(13(5)6)15(10-2)12(3)4/h9,11-12,14-15,18H,1,10H2,2-8H3/t14?,15-/m1/s1. The zero-order chi connectivity index (χ0) is 14.5. The van der Waals surface area contributed by atoms with Crippen LogP contribution in [-0.4, -0.2) is 6.21 Å². The fourth-order valence-corrected chi connectivity index (χ4v) is 3.25. The first-order valence-electron chi connectivity index (χ1n) is 7.04. The number of nitrogens with one attached hydrogen (secondary N) is 1. The smallest absolute Gasteiger partial charge is 0.0201 e. The molecular formula is C17H31N. The van der Waals surface area contributed by atoms with Crippen molar-refractivity contribution in [2.45, 2.75) is 54.9 Å². The minimum absolute atomic E-state index is 0.0206. The molecule has 0 amide bonds. The van der Waals surface area contributed by atoms with Gasteiger partial charge in [0, 0.05) is 12.1 Å². The predicted octanol–water partition coefficient (Wildman–Crippen LogP) is 5.48. The molecule has 0 aliphatic heterocycles. The maximum Gasteiger partial charge on any atom is 0.0201 e. The van der Waals surface area contributed by atoms with Crippen LogP contribution in [0.15, 0.2) is 23.8 Å². The molecule has 0 spiro atoms. The fraction of sp³-hybridized carbons (Fsp3) is 0.706. The molecule has 0 heterocycles. The lowest BCUT2D eigenvalue weighted by Gasteiger charge is -2.40. The van der Waals surface area contributed by atoms with Crippen molar-refractivity contribution < 1.29 is 0 Å². The van der Waals surface area contributed by atoms with Gasteiger partial charge in [0.2, 0.25) is 0 Å². The molecular weight excluding hydrogens is 218 g/mol. The summed E-state index contributed by atoms with van der Waals surface area (Å²) in [5.41, 5.74) is 2.88. The molecule has 0 saturated carbocycles. The summed E-state index contributed by atoms with van der Waals surface area (Å²) in [6.45, 7) is 19.6. The van der Waals surface area contributed by atoms with Gasteiger partial charge in [0.05, 0.1) is 0 Å². The van der Waals surface area contributed by atoms with Crippen LogP contribution in [0, 0.1) is 28.6 Å². The number of hydrogen-bond donors (Lipinski definition) is 1. The van der Waals surface area contributed by atoms with Gasteiger partial charge in [0.1, 0.15) is 0 Å². The first-order chi connectivity index (χ1) is 8.23. The van der Waals surface area contributed by atoms with E-state index in [1.807, 2.05) is 6.08 Å². The lowest BCUT2D eigenvalue weighted by Crippen LogP contribution is -2.32. The summed E-state index contributed by atoms with van der Waals surface area (Å²) in [6.07, 6.45) is 4.59. The highest BCUT2D eigenvalue weighted by Crippen LogP contribution is 2.44. The van der Waals surface area contributed by atoms with Crippen LogP contribution in [0.25, 0.3) is 0 Å². The lowest BCUT2D eigenvalue weighted by atomic mass is 9.65. The van der Waals surface area contributed by atoms with E-state index in [1.54, 1.807) is 0 Å². The Kier molecular flexibility index (Phi) is 6.59. The highest BCUT2D eigenvalue weighted by Gasteiger charge is 2.35. The van der Waals surface area contributed by atoms with Gasteiger partial charge >= 0.3 is 0 Å². The molecule has 0 saturated heterocycles. The van der Waals surface area contributed by atoms with Gasteiger partial charge in [-0.2, -0.15) is 0 Å². The average Bonchev–Trinajstić information content (AvgIpc) is 2.25. The van der Waals surface area contributed by atoms with Gasteiger partial charge < -0.3 is 5.41 Å². The number of hydrogen-bond acceptors (Lipinski definition) is 1. The van der Waals surface area contributed by atoms with Gasteiger partial charge in [0.15, 0.2) is 0 Å². The summed E-state index contributed by atoms with van der Waals surface area (Å²) >= 11 is 0. The van der Waals surface area contributed by atoms with E-state index in [0.29, 0.717) is 11.8 Å². The number of allylic oxidation sites excluding steroid dienone is 3. The second kappa shape index (κ2) is 6.92. The second-order valence-corrected chi connectivity index (χ2v) is 6.32. The van der Waals surface area contributed by atoms with Crippen LogP contribution in [0.1, 0.15) is 54.9 Å². The Bertz CT molecular complexity index is 309. The summed E-state index contributed by atoms with van der Waals surface area (Å²) in [4.78, 5) is 0. The van der Waals surface area contributed by atoms with Gasteiger partial charge in [-0.15, -0.1) is 6.58 Å². The van der Waals surface area contributed by atoms with Crippen LogP contribution >= 0.6 is 0 Å². The molecule has 0 bridgehead atoms. The molecule has 2 atom stereocenters. The van der Waals surface area contributed by atoms with Crippen molar-refractivity contribution in [2.75, 3.05) is 0 Å². The van der Waals surface area contributed by atoms with E-state index in [1.165, 1.54) is 17.4 Å². The molecule has 0 fully saturated rings. The van der Waals surface area contributed by atoms with Crippen molar-refractivity contribution in [2.24, 2.45) is 23.2 Å². The van der Waals surface area contributed by atoms with E-state index in [9.17, 15) is 0 Å². The van der Waals surface area contributed by atoms with Crippen LogP contribution < -0.4 is 0 Å². The third-order valence-corrected chi connectivity index (χ3v) is 4.12. The van der Waals surface area contributed by atoms with Crippen LogP contribution in [0.4, 0.5) is 0 Å². The van der Waals surface area contributed by atoms with Gasteiger partial charge in [-0.25, -0.2) is 0 Å². The number of rotatable bonds is 7. The Morgan fingerprint density at radius 3 is 2.00 bits per heavy atom. The molecule has 0 aromatic rings. The topological polar surface area (TPSA) is 23.9 Å². The van der Waals surface area contributed by atoms with Gasteiger partial charge in [0.25, 0.3) is 0 Å². The van der Waals surface area contributed by atoms with Gasteiger partial charge in [-0.05, 0) is 37.5 Å². The monoisotopic (exact) mass is 249 g/mol. The Morgan fingerprint density at radius 1 is 1.28 bits per heavy atom. The van der Waals surface area contributed by atoms with E-state index in [-0.39, 0.29) is 11.3 Å². The summed E-state index contributed by atoms with van der Waals surface area (Å²) in [5, 5.41) is 7.64. The summed E-state index contributed by atoms with van der Waals surface area (Å²) < 4.78 is 0. The van der Waals surface area contributed by atoms with E-state index in [2.05, 4.69) is 55.0 Å². The van der Waals surface area contributed by atoms with Crippen LogP contribution in [0.5, 0.6) is 0 Å². The highest BCUT2D eigenvalue weighted by atomic mass is 14.4. The fourth-order valence-electron chi connectivity index (χ4n) is 3.25. The summed E-state index contributed by atoms with van der Waals surface area (Å²) in [7, 11) is 0. The maximum absolute atomic E-state index is 7.64. The van der Waals surface area contributed by atoms with Crippen molar-refractivity contribution >= 4 is 6.21 Å². The molecule has 18 heavy (non-hydrogen) atoms. The first-order valence-corrected chi connectivity index (χ1v) is 7.04. The Labute approximate surface area is 114 Å². The lowest BCUT2D eigenvalue weighted by molar-refractivity contribution is 0.298. The molecule has 0 aliphatic carbocycles. The van der Waals surface area contributed by atoms with E-state index in [4.69, 9.17) is 5.41 Å². The van der Waals surface area contributed by atoms with Crippen molar-refractivity contribution in [3.8, 4) is 0 Å². The molecule has 0 rings (SSSR count). The predicted molar refractivity (Wildman–Crippen MR) is 83.2 cm³/mol. The van der Waals surface area contributed by atoms with Crippen LogP contribution in [0.2, 0.25) is 0 Å². The normalized spacial score (nSPS) is 15.1. The molecule has 1 unspecified atom stereocenters. The highest BCUT2D eigenvalue weighted by molar-refractivity contribution is 5.62. The molecule has 0 radical (unpaired) electrons. The van der Waals surface area contributed by atoms with Crippen LogP contribution in [0.3, 0.4) is 0 Å². The second-order valence-electron chi connectivity index (χ2n) is 6.32. The largest absolute Gasteiger partial charge is 0.312 e. The van der Waals surface area contributed by atoms with Crippen LogP contribution in [-0.2, 0) is 0 Å². The van der Waals surface area contributed by atoms with E-state index >= 15 is 0 Å². The van der Waals surface area contributed by atoms with Crippen molar-refractivity contribution in [1.82, 2.24) is 0 Å². The van der Waals surface area contributed by atoms with Crippen molar-refractivity contribution in [1.29, 1.82) is 5.41 Å². The minimum Gasteiger partial charge on any atom is -0.312 e. The molecule has 1 N–H and O–H groups in total. The summed E-state index contributed by atoms with van der Waals surface area (Å²) in [6, 6.07) is 0. The molecule has 0 aliphatic rings. The zero-order valence-corrected chi connectivity index (χ0v) is 13.3.